The SMILES string of the molecule is CCN1CCCC(C(C)Nc2ccccc2COC)C1. The van der Waals surface area contributed by atoms with Crippen LogP contribution in [-0.4, -0.2) is 37.7 Å². The van der Waals surface area contributed by atoms with Crippen LogP contribution in [0.2, 0.25) is 0 Å². The van der Waals surface area contributed by atoms with Gasteiger partial charge in [0.05, 0.1) is 6.61 Å². The number of ether oxygens (including phenoxy) is 1. The Hall–Kier alpha value is -1.06. The molecule has 112 valence electrons. The van der Waals surface area contributed by atoms with Crippen LogP contribution in [-0.2, 0) is 11.3 Å². The second-order valence-corrected chi connectivity index (χ2v) is 5.82. The lowest BCUT2D eigenvalue weighted by atomic mass is 9.91. The third-order valence-electron chi connectivity index (χ3n) is 4.40. The Morgan fingerprint density at radius 1 is 1.40 bits per heavy atom. The van der Waals surface area contributed by atoms with Gasteiger partial charge >= 0.3 is 0 Å². The van der Waals surface area contributed by atoms with Gasteiger partial charge in [-0.05, 0) is 44.8 Å². The molecular weight excluding hydrogens is 248 g/mol. The lowest BCUT2D eigenvalue weighted by Gasteiger charge is -2.36. The van der Waals surface area contributed by atoms with Crippen LogP contribution in [0, 0.1) is 5.92 Å². The lowest BCUT2D eigenvalue weighted by Crippen LogP contribution is -2.41. The van der Waals surface area contributed by atoms with Crippen molar-refractivity contribution in [2.24, 2.45) is 5.92 Å². The molecule has 1 N–H and O–H groups in total. The number of likely N-dealkylation sites (tertiary alicyclic amines) is 1. The summed E-state index contributed by atoms with van der Waals surface area (Å²) in [5.74, 6) is 0.735. The minimum Gasteiger partial charge on any atom is -0.382 e. The fourth-order valence-corrected chi connectivity index (χ4v) is 3.09. The first-order valence-corrected chi connectivity index (χ1v) is 7.80. The number of hydrogen-bond acceptors (Lipinski definition) is 3. The van der Waals surface area contributed by atoms with Gasteiger partial charge in [-0.25, -0.2) is 0 Å². The van der Waals surface area contributed by atoms with E-state index in [-0.39, 0.29) is 0 Å². The standard InChI is InChI=1S/C17H28N2O/c1-4-19-11-7-9-15(12-19)14(2)18-17-10-6-5-8-16(17)13-20-3/h5-6,8,10,14-15,18H,4,7,9,11-13H2,1-3H3. The molecule has 0 spiro atoms. The van der Waals surface area contributed by atoms with E-state index in [2.05, 4.69) is 48.3 Å². The molecule has 2 unspecified atom stereocenters. The molecule has 1 aromatic rings. The van der Waals surface area contributed by atoms with Crippen LogP contribution in [0.4, 0.5) is 5.69 Å². The summed E-state index contributed by atoms with van der Waals surface area (Å²) in [5.41, 5.74) is 2.46. The maximum atomic E-state index is 5.28. The summed E-state index contributed by atoms with van der Waals surface area (Å²) in [4.78, 5) is 2.56. The third-order valence-corrected chi connectivity index (χ3v) is 4.40. The fraction of sp³-hybridized carbons (Fsp3) is 0.647. The zero-order valence-corrected chi connectivity index (χ0v) is 13.1. The average Bonchev–Trinajstić information content (AvgIpc) is 2.49. The molecule has 3 heteroatoms. The van der Waals surface area contributed by atoms with Crippen molar-refractivity contribution in [3.8, 4) is 0 Å². The Morgan fingerprint density at radius 2 is 2.20 bits per heavy atom. The summed E-state index contributed by atoms with van der Waals surface area (Å²) < 4.78 is 5.28. The number of nitrogens with one attached hydrogen (secondary N) is 1. The van der Waals surface area contributed by atoms with Crippen LogP contribution in [0.3, 0.4) is 0 Å². The van der Waals surface area contributed by atoms with Gasteiger partial charge in [0, 0.05) is 30.9 Å². The molecule has 0 aliphatic carbocycles. The van der Waals surface area contributed by atoms with Crippen LogP contribution in [0.1, 0.15) is 32.3 Å². The summed E-state index contributed by atoms with van der Waals surface area (Å²) in [5, 5.41) is 3.70. The maximum Gasteiger partial charge on any atom is 0.0733 e. The van der Waals surface area contributed by atoms with E-state index in [0.29, 0.717) is 12.6 Å². The molecule has 1 saturated heterocycles. The average molecular weight is 276 g/mol. The van der Waals surface area contributed by atoms with Crippen molar-refractivity contribution in [3.05, 3.63) is 29.8 Å². The van der Waals surface area contributed by atoms with Crippen molar-refractivity contribution >= 4 is 5.69 Å². The van der Waals surface area contributed by atoms with Gasteiger partial charge in [0.1, 0.15) is 0 Å². The molecule has 3 nitrogen and oxygen atoms in total. The van der Waals surface area contributed by atoms with E-state index < -0.39 is 0 Å². The van der Waals surface area contributed by atoms with Gasteiger partial charge in [-0.2, -0.15) is 0 Å². The molecule has 0 aromatic heterocycles. The van der Waals surface area contributed by atoms with Gasteiger partial charge in [-0.15, -0.1) is 0 Å². The van der Waals surface area contributed by atoms with Crippen molar-refractivity contribution < 1.29 is 4.74 Å². The van der Waals surface area contributed by atoms with Crippen LogP contribution < -0.4 is 5.32 Å². The third kappa shape index (κ3) is 3.97. The zero-order valence-electron chi connectivity index (χ0n) is 13.1. The predicted molar refractivity (Wildman–Crippen MR) is 85.1 cm³/mol. The van der Waals surface area contributed by atoms with Crippen molar-refractivity contribution in [2.75, 3.05) is 32.1 Å². The molecule has 0 saturated carbocycles. The zero-order chi connectivity index (χ0) is 14.4. The monoisotopic (exact) mass is 276 g/mol. The molecule has 0 radical (unpaired) electrons. The van der Waals surface area contributed by atoms with E-state index in [9.17, 15) is 0 Å². The van der Waals surface area contributed by atoms with Crippen molar-refractivity contribution in [1.29, 1.82) is 0 Å². The first-order chi connectivity index (χ1) is 9.74. The lowest BCUT2D eigenvalue weighted by molar-refractivity contribution is 0.172. The Bertz CT molecular complexity index is 408. The normalized spacial score (nSPS) is 21.6. The fourth-order valence-electron chi connectivity index (χ4n) is 3.09. The molecule has 0 bridgehead atoms. The quantitative estimate of drug-likeness (QED) is 0.862. The number of nitrogens with zero attached hydrogens (tertiary/aromatic N) is 1. The first kappa shape index (κ1) is 15.3. The van der Waals surface area contributed by atoms with Crippen molar-refractivity contribution in [2.45, 2.75) is 39.3 Å². The second kappa shape index (κ2) is 7.65. The minimum atomic E-state index is 0.502. The summed E-state index contributed by atoms with van der Waals surface area (Å²) in [6, 6.07) is 8.96. The largest absolute Gasteiger partial charge is 0.382 e. The highest BCUT2D eigenvalue weighted by Crippen LogP contribution is 2.24. The van der Waals surface area contributed by atoms with E-state index in [1.807, 2.05) is 0 Å². The summed E-state index contributed by atoms with van der Waals surface area (Å²) in [6.07, 6.45) is 2.65. The second-order valence-electron chi connectivity index (χ2n) is 5.82. The molecule has 2 rings (SSSR count). The smallest absolute Gasteiger partial charge is 0.0733 e. The molecule has 1 aliphatic heterocycles. The van der Waals surface area contributed by atoms with Crippen LogP contribution in [0.15, 0.2) is 24.3 Å². The summed E-state index contributed by atoms with van der Waals surface area (Å²) in [7, 11) is 1.75. The van der Waals surface area contributed by atoms with E-state index in [1.54, 1.807) is 7.11 Å². The topological polar surface area (TPSA) is 24.5 Å². The van der Waals surface area contributed by atoms with Gasteiger partial charge < -0.3 is 15.0 Å². The number of methoxy groups -OCH3 is 1. The number of anilines is 1. The Morgan fingerprint density at radius 3 is 2.95 bits per heavy atom. The van der Waals surface area contributed by atoms with Crippen molar-refractivity contribution in [3.63, 3.8) is 0 Å². The predicted octanol–water partition coefficient (Wildman–Crippen LogP) is 3.37. The molecule has 1 fully saturated rings. The van der Waals surface area contributed by atoms with Crippen LogP contribution >= 0.6 is 0 Å². The minimum absolute atomic E-state index is 0.502. The van der Waals surface area contributed by atoms with E-state index in [4.69, 9.17) is 4.74 Å². The number of hydrogen-bond donors (Lipinski definition) is 1. The molecule has 1 aromatic carbocycles. The summed E-state index contributed by atoms with van der Waals surface area (Å²) >= 11 is 0. The van der Waals surface area contributed by atoms with Crippen molar-refractivity contribution in [1.82, 2.24) is 4.90 Å². The summed E-state index contributed by atoms with van der Waals surface area (Å²) in [6.45, 7) is 8.89. The highest BCUT2D eigenvalue weighted by Gasteiger charge is 2.24. The molecule has 1 heterocycles. The van der Waals surface area contributed by atoms with E-state index in [1.165, 1.54) is 43.7 Å². The number of benzene rings is 1. The Labute approximate surface area is 123 Å². The maximum absolute atomic E-state index is 5.28. The van der Waals surface area contributed by atoms with Crippen LogP contribution in [0.25, 0.3) is 0 Å². The van der Waals surface area contributed by atoms with Gasteiger partial charge in [0.2, 0.25) is 0 Å². The molecule has 0 amide bonds. The number of para-hydroxylation sites is 1. The van der Waals surface area contributed by atoms with Gasteiger partial charge in [0.25, 0.3) is 0 Å². The van der Waals surface area contributed by atoms with E-state index >= 15 is 0 Å². The molecule has 2 atom stereocenters. The molecule has 20 heavy (non-hydrogen) atoms. The van der Waals surface area contributed by atoms with Gasteiger partial charge in [-0.1, -0.05) is 25.1 Å². The van der Waals surface area contributed by atoms with Gasteiger partial charge in [-0.3, -0.25) is 0 Å². The van der Waals surface area contributed by atoms with Crippen LogP contribution in [0.5, 0.6) is 0 Å². The first-order valence-electron chi connectivity index (χ1n) is 7.80. The Balaban J connectivity index is 1.98. The number of rotatable bonds is 6. The highest BCUT2D eigenvalue weighted by molar-refractivity contribution is 5.51. The van der Waals surface area contributed by atoms with E-state index in [0.717, 1.165) is 5.92 Å². The van der Waals surface area contributed by atoms with Gasteiger partial charge in [0.15, 0.2) is 0 Å². The Kier molecular flexibility index (Phi) is 5.86. The number of piperidine rings is 1. The molecule has 1 aliphatic rings. The highest BCUT2D eigenvalue weighted by atomic mass is 16.5. The molecular formula is C17H28N2O.